The van der Waals surface area contributed by atoms with Crippen LogP contribution in [0.15, 0.2) is 42.5 Å². The zero-order valence-corrected chi connectivity index (χ0v) is 13.8. The number of likely N-dealkylation sites (N-methyl/N-ethyl adjacent to an activating group) is 1. The molecule has 0 heterocycles. The fraction of sp³-hybridized carbons (Fsp3) is 0.294. The van der Waals surface area contributed by atoms with E-state index in [-0.39, 0.29) is 6.04 Å². The number of aryl methyl sites for hydroxylation is 1. The lowest BCUT2D eigenvalue weighted by Gasteiger charge is -2.33. The second kappa shape index (κ2) is 7.17. The van der Waals surface area contributed by atoms with Gasteiger partial charge in [0, 0.05) is 28.8 Å². The minimum atomic E-state index is 0.00278. The van der Waals surface area contributed by atoms with Crippen molar-refractivity contribution in [2.24, 2.45) is 5.73 Å². The monoisotopic (exact) mass is 322 g/mol. The van der Waals surface area contributed by atoms with Crippen LogP contribution in [0.3, 0.4) is 0 Å². The summed E-state index contributed by atoms with van der Waals surface area (Å²) in [7, 11) is 0. The first-order valence-corrected chi connectivity index (χ1v) is 7.80. The molecule has 21 heavy (non-hydrogen) atoms. The zero-order valence-electron chi connectivity index (χ0n) is 12.3. The van der Waals surface area contributed by atoms with Gasteiger partial charge in [0.1, 0.15) is 0 Å². The average molecular weight is 323 g/mol. The van der Waals surface area contributed by atoms with Gasteiger partial charge in [-0.25, -0.2) is 0 Å². The Morgan fingerprint density at radius 1 is 1.14 bits per heavy atom. The van der Waals surface area contributed by atoms with Crippen molar-refractivity contribution in [2.45, 2.75) is 19.9 Å². The molecule has 2 N–H and O–H groups in total. The van der Waals surface area contributed by atoms with Crippen molar-refractivity contribution in [2.75, 3.05) is 18.0 Å². The molecule has 0 aliphatic carbocycles. The third-order valence-electron chi connectivity index (χ3n) is 3.59. The molecule has 0 saturated carbocycles. The van der Waals surface area contributed by atoms with Crippen molar-refractivity contribution in [1.82, 2.24) is 0 Å². The maximum atomic E-state index is 6.35. The lowest BCUT2D eigenvalue weighted by molar-refractivity contribution is 0.643. The van der Waals surface area contributed by atoms with Crippen LogP contribution < -0.4 is 10.6 Å². The summed E-state index contributed by atoms with van der Waals surface area (Å²) in [6.07, 6.45) is 0. The van der Waals surface area contributed by atoms with E-state index in [4.69, 9.17) is 28.9 Å². The summed E-state index contributed by atoms with van der Waals surface area (Å²) in [6.45, 7) is 5.51. The van der Waals surface area contributed by atoms with Crippen molar-refractivity contribution < 1.29 is 0 Å². The van der Waals surface area contributed by atoms with Gasteiger partial charge in [-0.1, -0.05) is 35.3 Å². The molecule has 0 aliphatic rings. The molecule has 0 saturated heterocycles. The first-order valence-electron chi connectivity index (χ1n) is 7.05. The second-order valence-electron chi connectivity index (χ2n) is 5.04. The Bertz CT molecular complexity index is 613. The van der Waals surface area contributed by atoms with Gasteiger partial charge in [-0.3, -0.25) is 0 Å². The van der Waals surface area contributed by atoms with Gasteiger partial charge in [-0.2, -0.15) is 0 Å². The zero-order chi connectivity index (χ0) is 15.4. The number of halogens is 2. The van der Waals surface area contributed by atoms with E-state index in [1.807, 2.05) is 12.1 Å². The summed E-state index contributed by atoms with van der Waals surface area (Å²) in [5, 5.41) is 1.37. The number of hydrogen-bond donors (Lipinski definition) is 1. The first-order chi connectivity index (χ1) is 10.1. The predicted molar refractivity (Wildman–Crippen MR) is 92.5 cm³/mol. The van der Waals surface area contributed by atoms with E-state index in [2.05, 4.69) is 43.0 Å². The highest BCUT2D eigenvalue weighted by Crippen LogP contribution is 2.32. The second-order valence-corrected chi connectivity index (χ2v) is 5.89. The van der Waals surface area contributed by atoms with E-state index in [0.717, 1.165) is 17.8 Å². The lowest BCUT2D eigenvalue weighted by atomic mass is 10.0. The highest BCUT2D eigenvalue weighted by atomic mass is 35.5. The standard InChI is InChI=1S/C17H20Cl2N2/c1-3-21(14-6-4-5-12(2)9-14)17(11-20)15-10-13(18)7-8-16(15)19/h4-10,17H,3,11,20H2,1-2H3. The van der Waals surface area contributed by atoms with Gasteiger partial charge in [0.25, 0.3) is 0 Å². The maximum absolute atomic E-state index is 6.35. The van der Waals surface area contributed by atoms with Crippen LogP contribution in [0, 0.1) is 6.92 Å². The van der Waals surface area contributed by atoms with Crippen LogP contribution in [-0.4, -0.2) is 13.1 Å². The van der Waals surface area contributed by atoms with Crippen LogP contribution in [0.5, 0.6) is 0 Å². The van der Waals surface area contributed by atoms with Gasteiger partial charge in [-0.15, -0.1) is 0 Å². The van der Waals surface area contributed by atoms with E-state index in [9.17, 15) is 0 Å². The van der Waals surface area contributed by atoms with Crippen LogP contribution in [0.1, 0.15) is 24.1 Å². The summed E-state index contributed by atoms with van der Waals surface area (Å²) >= 11 is 12.5. The largest absolute Gasteiger partial charge is 0.363 e. The van der Waals surface area contributed by atoms with Crippen molar-refractivity contribution in [3.05, 3.63) is 63.6 Å². The smallest absolute Gasteiger partial charge is 0.0679 e. The van der Waals surface area contributed by atoms with Gasteiger partial charge >= 0.3 is 0 Å². The Morgan fingerprint density at radius 3 is 2.52 bits per heavy atom. The molecule has 4 heteroatoms. The number of rotatable bonds is 5. The SMILES string of the molecule is CCN(c1cccc(C)c1)C(CN)c1cc(Cl)ccc1Cl. The lowest BCUT2D eigenvalue weighted by Crippen LogP contribution is -2.34. The molecule has 0 aromatic heterocycles. The number of anilines is 1. The van der Waals surface area contributed by atoms with Crippen LogP contribution in [0.25, 0.3) is 0 Å². The molecule has 2 nitrogen and oxygen atoms in total. The van der Waals surface area contributed by atoms with E-state index < -0.39 is 0 Å². The van der Waals surface area contributed by atoms with Gasteiger partial charge in [0.2, 0.25) is 0 Å². The molecular weight excluding hydrogens is 303 g/mol. The first kappa shape index (κ1) is 16.2. The normalized spacial score (nSPS) is 12.2. The van der Waals surface area contributed by atoms with Crippen LogP contribution in [-0.2, 0) is 0 Å². The molecule has 0 amide bonds. The molecule has 0 bridgehead atoms. The Hall–Kier alpha value is -1.22. The van der Waals surface area contributed by atoms with Crippen molar-refractivity contribution in [3.8, 4) is 0 Å². The molecule has 2 rings (SSSR count). The predicted octanol–water partition coefficient (Wildman–Crippen LogP) is 4.83. The van der Waals surface area contributed by atoms with E-state index >= 15 is 0 Å². The minimum absolute atomic E-state index is 0.00278. The van der Waals surface area contributed by atoms with Crippen LogP contribution in [0.4, 0.5) is 5.69 Å². The summed E-state index contributed by atoms with van der Waals surface area (Å²) in [5.74, 6) is 0. The average Bonchev–Trinajstić information content (AvgIpc) is 2.47. The van der Waals surface area contributed by atoms with Crippen molar-refractivity contribution >= 4 is 28.9 Å². The van der Waals surface area contributed by atoms with Gasteiger partial charge < -0.3 is 10.6 Å². The molecule has 0 radical (unpaired) electrons. The van der Waals surface area contributed by atoms with E-state index in [1.54, 1.807) is 6.07 Å². The number of nitrogens with zero attached hydrogens (tertiary/aromatic N) is 1. The molecule has 1 atom stereocenters. The molecule has 0 fully saturated rings. The van der Waals surface area contributed by atoms with Crippen molar-refractivity contribution in [3.63, 3.8) is 0 Å². The van der Waals surface area contributed by atoms with Gasteiger partial charge in [0.15, 0.2) is 0 Å². The molecule has 1 unspecified atom stereocenters. The van der Waals surface area contributed by atoms with Gasteiger partial charge in [-0.05, 0) is 55.3 Å². The van der Waals surface area contributed by atoms with Crippen LogP contribution in [0.2, 0.25) is 10.0 Å². The number of nitrogens with two attached hydrogens (primary N) is 1. The Kier molecular flexibility index (Phi) is 5.51. The van der Waals surface area contributed by atoms with Crippen LogP contribution >= 0.6 is 23.2 Å². The Balaban J connectivity index is 2.44. The summed E-state index contributed by atoms with van der Waals surface area (Å²) in [5.41, 5.74) is 9.36. The molecule has 112 valence electrons. The van der Waals surface area contributed by atoms with Crippen molar-refractivity contribution in [1.29, 1.82) is 0 Å². The minimum Gasteiger partial charge on any atom is -0.363 e. The Morgan fingerprint density at radius 2 is 1.90 bits per heavy atom. The highest BCUT2D eigenvalue weighted by Gasteiger charge is 2.21. The van der Waals surface area contributed by atoms with Gasteiger partial charge in [0.05, 0.1) is 6.04 Å². The highest BCUT2D eigenvalue weighted by molar-refractivity contribution is 6.33. The molecule has 0 spiro atoms. The molecule has 2 aromatic carbocycles. The maximum Gasteiger partial charge on any atom is 0.0679 e. The summed E-state index contributed by atoms with van der Waals surface area (Å²) in [4.78, 5) is 2.25. The fourth-order valence-electron chi connectivity index (χ4n) is 2.58. The topological polar surface area (TPSA) is 29.3 Å². The number of benzene rings is 2. The molecular formula is C17H20Cl2N2. The third kappa shape index (κ3) is 3.70. The van der Waals surface area contributed by atoms with E-state index in [0.29, 0.717) is 16.6 Å². The summed E-state index contributed by atoms with van der Waals surface area (Å²) < 4.78 is 0. The van der Waals surface area contributed by atoms with E-state index in [1.165, 1.54) is 5.56 Å². The molecule has 0 aliphatic heterocycles. The fourth-order valence-corrected chi connectivity index (χ4v) is 3.01. The third-order valence-corrected chi connectivity index (χ3v) is 4.17. The summed E-state index contributed by atoms with van der Waals surface area (Å²) in [6, 6.07) is 13.9. The number of hydrogen-bond acceptors (Lipinski definition) is 2. The quantitative estimate of drug-likeness (QED) is 0.854. The Labute approximate surface area is 136 Å². The molecule has 2 aromatic rings.